The topological polar surface area (TPSA) is 46.9 Å². The van der Waals surface area contributed by atoms with E-state index in [0.717, 1.165) is 28.8 Å². The molecule has 0 unspecified atom stereocenters. The van der Waals surface area contributed by atoms with Crippen molar-refractivity contribution >= 4 is 5.91 Å². The van der Waals surface area contributed by atoms with Crippen LogP contribution in [0.5, 0.6) is 0 Å². The number of amides is 1. The van der Waals surface area contributed by atoms with Crippen molar-refractivity contribution < 1.29 is 4.79 Å². The summed E-state index contributed by atoms with van der Waals surface area (Å²) < 4.78 is 1.84. The van der Waals surface area contributed by atoms with E-state index in [1.54, 1.807) is 12.5 Å². The lowest BCUT2D eigenvalue weighted by Crippen LogP contribution is -2.40. The van der Waals surface area contributed by atoms with E-state index in [1.807, 2.05) is 53.1 Å². The van der Waals surface area contributed by atoms with Gasteiger partial charge in [0.15, 0.2) is 0 Å². The molecule has 0 aliphatic rings. The standard InChI is InChI=1S/C35H35N3O/c1-3-4-11-27-16-18-28(19-17-27)29-20-22-32(23-21-29)38-26-36-24-33(38)34(39)37-25-35(2,30-12-7-5-8-13-30)31-14-9-6-10-15-31/h5-10,12-24,26H,3-4,11,25H2,1-2H3,(H,37,39). The lowest BCUT2D eigenvalue weighted by Gasteiger charge is -2.31. The molecule has 0 aliphatic heterocycles. The SMILES string of the molecule is CCCCc1ccc(-c2ccc(-n3cncc3C(=O)NCC(C)(c3ccccc3)c3ccccc3)cc2)cc1. The van der Waals surface area contributed by atoms with E-state index in [9.17, 15) is 4.79 Å². The normalized spacial score (nSPS) is 11.3. The summed E-state index contributed by atoms with van der Waals surface area (Å²) in [5.41, 5.74) is 7.04. The molecule has 1 aromatic heterocycles. The minimum atomic E-state index is -0.378. The number of unbranched alkanes of at least 4 members (excludes halogenated alkanes) is 1. The molecule has 0 saturated heterocycles. The molecule has 4 aromatic carbocycles. The first kappa shape index (κ1) is 26.2. The van der Waals surface area contributed by atoms with Gasteiger partial charge in [-0.1, -0.05) is 110 Å². The Bertz CT molecular complexity index is 1450. The Morgan fingerprint density at radius 3 is 1.92 bits per heavy atom. The highest BCUT2D eigenvalue weighted by Gasteiger charge is 2.30. The van der Waals surface area contributed by atoms with E-state index < -0.39 is 0 Å². The summed E-state index contributed by atoms with van der Waals surface area (Å²) in [5.74, 6) is -0.155. The van der Waals surface area contributed by atoms with Crippen LogP contribution in [0.25, 0.3) is 16.8 Å². The Labute approximate surface area is 231 Å². The fraction of sp³-hybridized carbons (Fsp3) is 0.200. The molecule has 196 valence electrons. The number of nitrogens with zero attached hydrogens (tertiary/aromatic N) is 2. The zero-order chi connectivity index (χ0) is 27.1. The predicted octanol–water partition coefficient (Wildman–Crippen LogP) is 7.62. The number of rotatable bonds is 10. The van der Waals surface area contributed by atoms with Crippen LogP contribution < -0.4 is 5.32 Å². The highest BCUT2D eigenvalue weighted by molar-refractivity contribution is 5.93. The number of imidazole rings is 1. The maximum atomic E-state index is 13.4. The van der Waals surface area contributed by atoms with Crippen molar-refractivity contribution in [3.8, 4) is 16.8 Å². The van der Waals surface area contributed by atoms with Crippen molar-refractivity contribution in [1.82, 2.24) is 14.9 Å². The smallest absolute Gasteiger partial charge is 0.269 e. The Morgan fingerprint density at radius 1 is 0.795 bits per heavy atom. The molecule has 1 N–H and O–H groups in total. The van der Waals surface area contributed by atoms with Gasteiger partial charge in [0.2, 0.25) is 0 Å². The molecule has 0 aliphatic carbocycles. The summed E-state index contributed by atoms with van der Waals surface area (Å²) >= 11 is 0. The zero-order valence-electron chi connectivity index (χ0n) is 22.7. The van der Waals surface area contributed by atoms with Crippen LogP contribution in [-0.2, 0) is 11.8 Å². The van der Waals surface area contributed by atoms with E-state index in [2.05, 4.69) is 84.8 Å². The minimum Gasteiger partial charge on any atom is -0.349 e. The van der Waals surface area contributed by atoms with Gasteiger partial charge >= 0.3 is 0 Å². The van der Waals surface area contributed by atoms with Crippen LogP contribution in [0.3, 0.4) is 0 Å². The molecule has 5 aromatic rings. The highest BCUT2D eigenvalue weighted by atomic mass is 16.2. The van der Waals surface area contributed by atoms with Gasteiger partial charge in [-0.2, -0.15) is 0 Å². The van der Waals surface area contributed by atoms with Gasteiger partial charge < -0.3 is 5.32 Å². The number of nitrogens with one attached hydrogen (secondary N) is 1. The first-order valence-corrected chi connectivity index (χ1v) is 13.7. The van der Waals surface area contributed by atoms with Gasteiger partial charge in [0.05, 0.1) is 12.5 Å². The van der Waals surface area contributed by atoms with Crippen LogP contribution in [0.4, 0.5) is 0 Å². The fourth-order valence-corrected chi connectivity index (χ4v) is 5.06. The zero-order valence-corrected chi connectivity index (χ0v) is 22.7. The Balaban J connectivity index is 1.33. The molecular weight excluding hydrogens is 478 g/mol. The van der Waals surface area contributed by atoms with E-state index in [-0.39, 0.29) is 11.3 Å². The van der Waals surface area contributed by atoms with E-state index >= 15 is 0 Å². The monoisotopic (exact) mass is 513 g/mol. The molecule has 1 heterocycles. The third kappa shape index (κ3) is 5.85. The molecule has 0 fully saturated rings. The van der Waals surface area contributed by atoms with Crippen molar-refractivity contribution in [2.45, 2.75) is 38.5 Å². The van der Waals surface area contributed by atoms with Crippen molar-refractivity contribution in [1.29, 1.82) is 0 Å². The van der Waals surface area contributed by atoms with Crippen LogP contribution in [0.1, 0.15) is 53.9 Å². The lowest BCUT2D eigenvalue weighted by atomic mass is 9.76. The molecular formula is C35H35N3O. The summed E-state index contributed by atoms with van der Waals surface area (Å²) in [7, 11) is 0. The van der Waals surface area contributed by atoms with Gasteiger partial charge in [0.25, 0.3) is 5.91 Å². The Morgan fingerprint density at radius 2 is 1.36 bits per heavy atom. The number of carbonyl (C=O) groups excluding carboxylic acids is 1. The van der Waals surface area contributed by atoms with Gasteiger partial charge in [-0.15, -0.1) is 0 Å². The second kappa shape index (κ2) is 12.0. The number of aromatic nitrogens is 2. The maximum Gasteiger partial charge on any atom is 0.269 e. The number of aryl methyl sites for hydroxylation is 1. The van der Waals surface area contributed by atoms with E-state index in [4.69, 9.17) is 0 Å². The second-order valence-electron chi connectivity index (χ2n) is 10.2. The fourth-order valence-electron chi connectivity index (χ4n) is 5.06. The molecule has 4 heteroatoms. The van der Waals surface area contributed by atoms with Crippen molar-refractivity contribution in [3.05, 3.63) is 144 Å². The van der Waals surface area contributed by atoms with Gasteiger partial charge in [0.1, 0.15) is 5.69 Å². The summed E-state index contributed by atoms with van der Waals surface area (Å²) in [5, 5.41) is 3.19. The third-order valence-electron chi connectivity index (χ3n) is 7.55. The van der Waals surface area contributed by atoms with Crippen LogP contribution >= 0.6 is 0 Å². The first-order chi connectivity index (χ1) is 19.1. The Hall–Kier alpha value is -4.44. The van der Waals surface area contributed by atoms with Gasteiger partial charge in [0, 0.05) is 17.6 Å². The van der Waals surface area contributed by atoms with E-state index in [1.165, 1.54) is 24.0 Å². The first-order valence-electron chi connectivity index (χ1n) is 13.7. The quantitative estimate of drug-likeness (QED) is 0.209. The predicted molar refractivity (Wildman–Crippen MR) is 159 cm³/mol. The van der Waals surface area contributed by atoms with Crippen molar-refractivity contribution in [3.63, 3.8) is 0 Å². The summed E-state index contributed by atoms with van der Waals surface area (Å²) in [4.78, 5) is 17.7. The average molecular weight is 514 g/mol. The highest BCUT2D eigenvalue weighted by Crippen LogP contribution is 2.31. The number of hydrogen-bond acceptors (Lipinski definition) is 2. The van der Waals surface area contributed by atoms with Crippen molar-refractivity contribution in [2.24, 2.45) is 0 Å². The molecule has 5 rings (SSSR count). The molecule has 0 atom stereocenters. The third-order valence-corrected chi connectivity index (χ3v) is 7.55. The number of benzene rings is 4. The average Bonchev–Trinajstić information content (AvgIpc) is 3.50. The molecule has 0 bridgehead atoms. The minimum absolute atomic E-state index is 0.155. The second-order valence-corrected chi connectivity index (χ2v) is 10.2. The van der Waals surface area contributed by atoms with Gasteiger partial charge in [-0.05, 0) is 59.7 Å². The molecule has 39 heavy (non-hydrogen) atoms. The van der Waals surface area contributed by atoms with Crippen molar-refractivity contribution in [2.75, 3.05) is 6.54 Å². The molecule has 0 saturated carbocycles. The van der Waals surface area contributed by atoms with Crippen LogP contribution in [0.2, 0.25) is 0 Å². The van der Waals surface area contributed by atoms with Gasteiger partial charge in [-0.25, -0.2) is 4.98 Å². The summed E-state index contributed by atoms with van der Waals surface area (Å²) in [6.07, 6.45) is 6.86. The number of hydrogen-bond donors (Lipinski definition) is 1. The summed E-state index contributed by atoms with van der Waals surface area (Å²) in [6.45, 7) is 4.85. The number of carbonyl (C=O) groups is 1. The maximum absolute atomic E-state index is 13.4. The van der Waals surface area contributed by atoms with Crippen LogP contribution in [-0.4, -0.2) is 22.0 Å². The largest absolute Gasteiger partial charge is 0.349 e. The molecule has 1 amide bonds. The molecule has 0 spiro atoms. The molecule has 4 nitrogen and oxygen atoms in total. The Kier molecular flexibility index (Phi) is 8.02. The molecule has 0 radical (unpaired) electrons. The van der Waals surface area contributed by atoms with Crippen LogP contribution in [0.15, 0.2) is 122 Å². The summed E-state index contributed by atoms with van der Waals surface area (Å²) in [6, 6.07) is 37.7. The van der Waals surface area contributed by atoms with E-state index in [0.29, 0.717) is 12.2 Å². The van der Waals surface area contributed by atoms with Crippen LogP contribution in [0, 0.1) is 0 Å². The van der Waals surface area contributed by atoms with Gasteiger partial charge in [-0.3, -0.25) is 9.36 Å². The lowest BCUT2D eigenvalue weighted by molar-refractivity contribution is 0.0940.